The third-order valence-electron chi connectivity index (χ3n) is 4.87. The molecule has 3 aromatic carbocycles. The van der Waals surface area contributed by atoms with Gasteiger partial charge in [-0.05, 0) is 85.5 Å². The predicted octanol–water partition coefficient (Wildman–Crippen LogP) is 6.22. The van der Waals surface area contributed by atoms with Gasteiger partial charge >= 0.3 is 5.97 Å². The van der Waals surface area contributed by atoms with Crippen molar-refractivity contribution in [2.45, 2.75) is 26.4 Å². The number of allylic oxidation sites excluding steroid dienone is 1. The van der Waals surface area contributed by atoms with E-state index in [9.17, 15) is 9.18 Å². The lowest BCUT2D eigenvalue weighted by Crippen LogP contribution is -2.37. The monoisotopic (exact) mass is 420 g/mol. The van der Waals surface area contributed by atoms with Crippen LogP contribution < -0.4 is 9.47 Å². The minimum atomic E-state index is -1.30. The van der Waals surface area contributed by atoms with Gasteiger partial charge in [-0.25, -0.2) is 9.18 Å². The minimum Gasteiger partial charge on any atom is -0.490 e. The van der Waals surface area contributed by atoms with Gasteiger partial charge in [-0.1, -0.05) is 36.4 Å². The van der Waals surface area contributed by atoms with Crippen LogP contribution in [0.25, 0.3) is 16.7 Å². The van der Waals surface area contributed by atoms with Crippen LogP contribution in [0.4, 0.5) is 4.39 Å². The summed E-state index contributed by atoms with van der Waals surface area (Å²) in [6, 6.07) is 21.4. The molecule has 4 nitrogen and oxygen atoms in total. The van der Waals surface area contributed by atoms with Crippen LogP contribution >= 0.6 is 0 Å². The molecule has 0 aromatic heterocycles. The van der Waals surface area contributed by atoms with Crippen molar-refractivity contribution in [3.8, 4) is 22.6 Å². The highest BCUT2D eigenvalue weighted by atomic mass is 19.1. The van der Waals surface area contributed by atoms with Crippen molar-refractivity contribution in [3.05, 3.63) is 90.3 Å². The van der Waals surface area contributed by atoms with Crippen molar-refractivity contribution in [3.63, 3.8) is 0 Å². The molecule has 0 saturated heterocycles. The van der Waals surface area contributed by atoms with E-state index in [0.29, 0.717) is 18.1 Å². The van der Waals surface area contributed by atoms with Gasteiger partial charge in [0.25, 0.3) is 0 Å². The molecule has 3 rings (SSSR count). The summed E-state index contributed by atoms with van der Waals surface area (Å²) >= 11 is 0. The van der Waals surface area contributed by atoms with E-state index in [2.05, 4.69) is 0 Å². The molecule has 0 aliphatic heterocycles. The van der Waals surface area contributed by atoms with E-state index in [-0.39, 0.29) is 5.82 Å². The fraction of sp³-hybridized carbons (Fsp3) is 0.192. The van der Waals surface area contributed by atoms with Crippen molar-refractivity contribution < 1.29 is 23.8 Å². The number of aliphatic carboxylic acids is 1. The Balaban J connectivity index is 1.57. The number of rotatable bonds is 8. The Labute approximate surface area is 181 Å². The molecular weight excluding hydrogens is 395 g/mol. The van der Waals surface area contributed by atoms with E-state index < -0.39 is 11.6 Å². The van der Waals surface area contributed by atoms with Gasteiger partial charge in [0.1, 0.15) is 23.9 Å². The van der Waals surface area contributed by atoms with Crippen molar-refractivity contribution in [2.24, 2.45) is 0 Å². The Kier molecular flexibility index (Phi) is 6.75. The number of carboxylic acids is 1. The smallest absolute Gasteiger partial charge is 0.347 e. The molecule has 0 aliphatic carbocycles. The summed E-state index contributed by atoms with van der Waals surface area (Å²) < 4.78 is 24.3. The van der Waals surface area contributed by atoms with Gasteiger partial charge in [0.2, 0.25) is 0 Å². The maximum Gasteiger partial charge on any atom is 0.347 e. The van der Waals surface area contributed by atoms with Crippen molar-refractivity contribution in [2.75, 3.05) is 6.61 Å². The first-order valence-electron chi connectivity index (χ1n) is 9.93. The summed E-state index contributed by atoms with van der Waals surface area (Å²) in [6.45, 7) is 5.41. The Morgan fingerprint density at radius 1 is 0.903 bits per heavy atom. The van der Waals surface area contributed by atoms with Gasteiger partial charge in [-0.15, -0.1) is 0 Å². The standard InChI is InChI=1S/C26H25FO4/c1-18(19-4-6-20(7-5-19)21-8-10-22(27)11-9-21)16-17-30-23-12-14-24(15-13-23)31-26(2,3)25(28)29/h4-16H,17H2,1-3H3,(H,28,29). The number of halogens is 1. The average Bonchev–Trinajstić information content (AvgIpc) is 2.75. The van der Waals surface area contributed by atoms with Gasteiger partial charge in [0, 0.05) is 0 Å². The average molecular weight is 420 g/mol. The van der Waals surface area contributed by atoms with E-state index >= 15 is 0 Å². The first-order chi connectivity index (χ1) is 14.7. The second-order valence-electron chi connectivity index (χ2n) is 7.67. The highest BCUT2D eigenvalue weighted by molar-refractivity contribution is 5.76. The molecule has 3 aromatic rings. The first kappa shape index (κ1) is 22.1. The molecule has 0 aliphatic rings. The maximum atomic E-state index is 13.1. The highest BCUT2D eigenvalue weighted by Crippen LogP contribution is 2.24. The Morgan fingerprint density at radius 2 is 1.42 bits per heavy atom. The highest BCUT2D eigenvalue weighted by Gasteiger charge is 2.29. The van der Waals surface area contributed by atoms with Crippen LogP contribution in [0.2, 0.25) is 0 Å². The fourth-order valence-electron chi connectivity index (χ4n) is 2.89. The molecular formula is C26H25FO4. The largest absolute Gasteiger partial charge is 0.490 e. The molecule has 31 heavy (non-hydrogen) atoms. The molecule has 0 spiro atoms. The van der Waals surface area contributed by atoms with Crippen LogP contribution in [0, 0.1) is 5.82 Å². The van der Waals surface area contributed by atoms with Crippen LogP contribution in [-0.4, -0.2) is 23.3 Å². The lowest BCUT2D eigenvalue weighted by Gasteiger charge is -2.21. The summed E-state index contributed by atoms with van der Waals surface area (Å²) in [6.07, 6.45) is 1.99. The van der Waals surface area contributed by atoms with E-state index in [1.54, 1.807) is 36.4 Å². The normalized spacial score (nSPS) is 11.8. The number of ether oxygens (including phenoxy) is 2. The lowest BCUT2D eigenvalue weighted by molar-refractivity contribution is -0.152. The zero-order valence-electron chi connectivity index (χ0n) is 17.8. The first-order valence-corrected chi connectivity index (χ1v) is 9.93. The van der Waals surface area contributed by atoms with E-state index in [1.807, 2.05) is 37.3 Å². The molecule has 0 saturated carbocycles. The number of benzene rings is 3. The van der Waals surface area contributed by atoms with Crippen LogP contribution in [0.1, 0.15) is 26.3 Å². The molecule has 0 fully saturated rings. The fourth-order valence-corrected chi connectivity index (χ4v) is 2.89. The molecule has 1 N–H and O–H groups in total. The van der Waals surface area contributed by atoms with Crippen LogP contribution in [0.3, 0.4) is 0 Å². The van der Waals surface area contributed by atoms with E-state index in [0.717, 1.165) is 22.3 Å². The predicted molar refractivity (Wildman–Crippen MR) is 120 cm³/mol. The third-order valence-corrected chi connectivity index (χ3v) is 4.87. The van der Waals surface area contributed by atoms with Gasteiger partial charge in [-0.3, -0.25) is 0 Å². The zero-order chi connectivity index (χ0) is 22.4. The quantitative estimate of drug-likeness (QED) is 0.470. The van der Waals surface area contributed by atoms with Crippen molar-refractivity contribution in [1.82, 2.24) is 0 Å². The van der Waals surface area contributed by atoms with Gasteiger partial charge in [-0.2, -0.15) is 0 Å². The number of hydrogen-bond acceptors (Lipinski definition) is 3. The van der Waals surface area contributed by atoms with Crippen molar-refractivity contribution in [1.29, 1.82) is 0 Å². The summed E-state index contributed by atoms with van der Waals surface area (Å²) in [5, 5.41) is 9.13. The number of carbonyl (C=O) groups is 1. The summed E-state index contributed by atoms with van der Waals surface area (Å²) in [5.74, 6) is -0.145. The molecule has 0 unspecified atom stereocenters. The van der Waals surface area contributed by atoms with Gasteiger partial charge in [0.05, 0.1) is 0 Å². The summed E-state index contributed by atoms with van der Waals surface area (Å²) in [7, 11) is 0. The van der Waals surface area contributed by atoms with Gasteiger partial charge in [0.15, 0.2) is 5.60 Å². The lowest BCUT2D eigenvalue weighted by atomic mass is 10.0. The number of carboxylic acid groups (broad SMARTS) is 1. The molecule has 0 amide bonds. The zero-order valence-corrected chi connectivity index (χ0v) is 17.8. The second-order valence-corrected chi connectivity index (χ2v) is 7.67. The third kappa shape index (κ3) is 5.95. The Hall–Kier alpha value is -3.60. The van der Waals surface area contributed by atoms with Crippen LogP contribution in [0.5, 0.6) is 11.5 Å². The minimum absolute atomic E-state index is 0.245. The second kappa shape index (κ2) is 9.47. The number of hydrogen-bond donors (Lipinski definition) is 1. The summed E-state index contributed by atoms with van der Waals surface area (Å²) in [4.78, 5) is 11.1. The molecule has 0 heterocycles. The van der Waals surface area contributed by atoms with E-state index in [1.165, 1.54) is 26.0 Å². The molecule has 0 bridgehead atoms. The Bertz CT molecular complexity index is 1050. The van der Waals surface area contributed by atoms with Crippen LogP contribution in [0.15, 0.2) is 78.9 Å². The van der Waals surface area contributed by atoms with Gasteiger partial charge < -0.3 is 14.6 Å². The van der Waals surface area contributed by atoms with Crippen molar-refractivity contribution >= 4 is 11.5 Å². The van der Waals surface area contributed by atoms with E-state index in [4.69, 9.17) is 14.6 Å². The topological polar surface area (TPSA) is 55.8 Å². The molecule has 5 heteroatoms. The summed E-state index contributed by atoms with van der Waals surface area (Å²) in [5.41, 5.74) is 2.86. The Morgan fingerprint density at radius 3 is 1.97 bits per heavy atom. The SMILES string of the molecule is CC(=CCOc1ccc(OC(C)(C)C(=O)O)cc1)c1ccc(-c2ccc(F)cc2)cc1. The molecule has 0 radical (unpaired) electrons. The molecule has 0 atom stereocenters. The molecule has 160 valence electrons. The van der Waals surface area contributed by atoms with Crippen LogP contribution in [-0.2, 0) is 4.79 Å². The maximum absolute atomic E-state index is 13.1.